The predicted octanol–water partition coefficient (Wildman–Crippen LogP) is 2.90. The van der Waals surface area contributed by atoms with Crippen molar-refractivity contribution in [2.24, 2.45) is 5.10 Å². The van der Waals surface area contributed by atoms with Gasteiger partial charge in [0.25, 0.3) is 5.91 Å². The predicted molar refractivity (Wildman–Crippen MR) is 97.9 cm³/mol. The highest BCUT2D eigenvalue weighted by atomic mass is 16.5. The molecule has 0 saturated heterocycles. The van der Waals surface area contributed by atoms with Crippen molar-refractivity contribution in [1.29, 1.82) is 0 Å². The molecular formula is C19H23N3O2. The molecule has 0 bridgehead atoms. The third-order valence-electron chi connectivity index (χ3n) is 3.50. The van der Waals surface area contributed by atoms with Crippen molar-refractivity contribution in [2.45, 2.75) is 13.8 Å². The Balaban J connectivity index is 1.82. The Morgan fingerprint density at radius 2 is 1.88 bits per heavy atom. The van der Waals surface area contributed by atoms with Crippen molar-refractivity contribution in [3.05, 3.63) is 59.2 Å². The summed E-state index contributed by atoms with van der Waals surface area (Å²) in [5.41, 5.74) is 6.66. The van der Waals surface area contributed by atoms with Crippen LogP contribution in [0.2, 0.25) is 0 Å². The lowest BCUT2D eigenvalue weighted by Crippen LogP contribution is -2.24. The minimum Gasteiger partial charge on any atom is -0.483 e. The number of anilines is 1. The molecule has 0 atom stereocenters. The molecule has 0 fully saturated rings. The molecule has 0 saturated carbocycles. The number of amides is 1. The van der Waals surface area contributed by atoms with Crippen LogP contribution < -0.4 is 15.1 Å². The molecule has 0 unspecified atom stereocenters. The van der Waals surface area contributed by atoms with Crippen molar-refractivity contribution in [2.75, 3.05) is 25.6 Å². The smallest absolute Gasteiger partial charge is 0.277 e. The Hall–Kier alpha value is -2.82. The normalized spacial score (nSPS) is 10.7. The van der Waals surface area contributed by atoms with E-state index in [0.717, 1.165) is 22.4 Å². The highest BCUT2D eigenvalue weighted by Gasteiger charge is 2.04. The maximum Gasteiger partial charge on any atom is 0.277 e. The number of nitrogens with one attached hydrogen (secondary N) is 1. The first-order valence-electron chi connectivity index (χ1n) is 7.75. The van der Waals surface area contributed by atoms with E-state index >= 15 is 0 Å². The van der Waals surface area contributed by atoms with Crippen LogP contribution in [0.5, 0.6) is 5.75 Å². The van der Waals surface area contributed by atoms with Gasteiger partial charge in [0.15, 0.2) is 6.61 Å². The first-order valence-corrected chi connectivity index (χ1v) is 7.75. The van der Waals surface area contributed by atoms with E-state index in [1.54, 1.807) is 6.21 Å². The molecule has 1 amide bonds. The average Bonchev–Trinajstić information content (AvgIpc) is 2.54. The van der Waals surface area contributed by atoms with Gasteiger partial charge in [0.1, 0.15) is 5.75 Å². The van der Waals surface area contributed by atoms with Gasteiger partial charge in [0.2, 0.25) is 0 Å². The number of hydrogen-bond acceptors (Lipinski definition) is 4. The highest BCUT2D eigenvalue weighted by molar-refractivity contribution is 5.83. The largest absolute Gasteiger partial charge is 0.483 e. The van der Waals surface area contributed by atoms with E-state index in [9.17, 15) is 4.79 Å². The maximum atomic E-state index is 11.8. The van der Waals surface area contributed by atoms with E-state index in [2.05, 4.69) is 10.5 Å². The van der Waals surface area contributed by atoms with Gasteiger partial charge in [-0.2, -0.15) is 5.10 Å². The van der Waals surface area contributed by atoms with Crippen LogP contribution in [-0.4, -0.2) is 32.8 Å². The van der Waals surface area contributed by atoms with Gasteiger partial charge in [-0.3, -0.25) is 4.79 Å². The van der Waals surface area contributed by atoms with Gasteiger partial charge >= 0.3 is 0 Å². The molecule has 0 radical (unpaired) electrons. The molecule has 2 aromatic carbocycles. The van der Waals surface area contributed by atoms with Crippen LogP contribution in [0.3, 0.4) is 0 Å². The summed E-state index contributed by atoms with van der Waals surface area (Å²) >= 11 is 0. The lowest BCUT2D eigenvalue weighted by Gasteiger charge is -2.11. The fourth-order valence-corrected chi connectivity index (χ4v) is 2.17. The van der Waals surface area contributed by atoms with Gasteiger partial charge in [0, 0.05) is 19.8 Å². The Morgan fingerprint density at radius 3 is 2.50 bits per heavy atom. The molecule has 1 N–H and O–H groups in total. The molecule has 0 aromatic heterocycles. The summed E-state index contributed by atoms with van der Waals surface area (Å²) in [5, 5.41) is 3.95. The minimum atomic E-state index is -0.295. The van der Waals surface area contributed by atoms with Crippen LogP contribution in [0, 0.1) is 13.8 Å². The molecule has 0 aliphatic heterocycles. The zero-order valence-electron chi connectivity index (χ0n) is 14.5. The van der Waals surface area contributed by atoms with Crippen molar-refractivity contribution < 1.29 is 9.53 Å². The van der Waals surface area contributed by atoms with E-state index in [-0.39, 0.29) is 12.5 Å². The van der Waals surface area contributed by atoms with Gasteiger partial charge in [-0.25, -0.2) is 5.43 Å². The van der Waals surface area contributed by atoms with Gasteiger partial charge < -0.3 is 9.64 Å². The van der Waals surface area contributed by atoms with Crippen LogP contribution in [-0.2, 0) is 4.79 Å². The van der Waals surface area contributed by atoms with E-state index in [4.69, 9.17) is 4.74 Å². The number of aryl methyl sites for hydroxylation is 2. The number of hydrazone groups is 1. The number of ether oxygens (including phenoxy) is 1. The van der Waals surface area contributed by atoms with E-state index in [0.29, 0.717) is 5.75 Å². The summed E-state index contributed by atoms with van der Waals surface area (Å²) in [6, 6.07) is 13.7. The van der Waals surface area contributed by atoms with Crippen molar-refractivity contribution in [3.8, 4) is 5.75 Å². The number of benzene rings is 2. The Labute approximate surface area is 142 Å². The summed E-state index contributed by atoms with van der Waals surface area (Å²) in [6.45, 7) is 3.90. The lowest BCUT2D eigenvalue weighted by molar-refractivity contribution is -0.123. The Kier molecular flexibility index (Phi) is 5.95. The van der Waals surface area contributed by atoms with E-state index in [1.165, 1.54) is 0 Å². The van der Waals surface area contributed by atoms with Gasteiger partial charge in [-0.05, 0) is 43.2 Å². The van der Waals surface area contributed by atoms with E-state index in [1.807, 2.05) is 75.3 Å². The molecule has 0 aliphatic rings. The third-order valence-corrected chi connectivity index (χ3v) is 3.50. The molecule has 0 spiro atoms. The van der Waals surface area contributed by atoms with Crippen LogP contribution in [0.4, 0.5) is 5.69 Å². The molecule has 5 nitrogen and oxygen atoms in total. The van der Waals surface area contributed by atoms with Crippen molar-refractivity contribution in [3.63, 3.8) is 0 Å². The number of rotatable bonds is 6. The fourth-order valence-electron chi connectivity index (χ4n) is 2.17. The zero-order chi connectivity index (χ0) is 17.5. The maximum absolute atomic E-state index is 11.8. The molecule has 5 heteroatoms. The number of carbonyl (C=O) groups is 1. The first kappa shape index (κ1) is 17.5. The molecular weight excluding hydrogens is 302 g/mol. The molecule has 126 valence electrons. The summed E-state index contributed by atoms with van der Waals surface area (Å²) < 4.78 is 5.51. The van der Waals surface area contributed by atoms with E-state index < -0.39 is 0 Å². The third kappa shape index (κ3) is 5.12. The van der Waals surface area contributed by atoms with Crippen LogP contribution in [0.1, 0.15) is 16.7 Å². The standard InChI is InChI=1S/C19H23N3O2/c1-14-5-10-18(15(2)11-14)24-13-19(23)21-20-12-16-6-8-17(9-7-16)22(3)4/h5-12H,13H2,1-4H3,(H,21,23)/b20-12-. The van der Waals surface area contributed by atoms with Gasteiger partial charge in [-0.1, -0.05) is 29.8 Å². The summed E-state index contributed by atoms with van der Waals surface area (Å²) in [6.07, 6.45) is 1.61. The molecule has 24 heavy (non-hydrogen) atoms. The minimum absolute atomic E-state index is 0.0686. The lowest BCUT2D eigenvalue weighted by atomic mass is 10.1. The molecule has 2 aromatic rings. The van der Waals surface area contributed by atoms with Crippen molar-refractivity contribution >= 4 is 17.8 Å². The van der Waals surface area contributed by atoms with Crippen LogP contribution in [0.15, 0.2) is 47.6 Å². The topological polar surface area (TPSA) is 53.9 Å². The quantitative estimate of drug-likeness (QED) is 0.656. The summed E-state index contributed by atoms with van der Waals surface area (Å²) in [7, 11) is 3.97. The molecule has 0 aliphatic carbocycles. The van der Waals surface area contributed by atoms with Crippen LogP contribution in [0.25, 0.3) is 0 Å². The second kappa shape index (κ2) is 8.15. The Morgan fingerprint density at radius 1 is 1.17 bits per heavy atom. The highest BCUT2D eigenvalue weighted by Crippen LogP contribution is 2.18. The Bertz CT molecular complexity index is 722. The zero-order valence-corrected chi connectivity index (χ0v) is 14.5. The molecule has 2 rings (SSSR count). The molecule has 0 heterocycles. The number of nitrogens with zero attached hydrogens (tertiary/aromatic N) is 2. The van der Waals surface area contributed by atoms with Gasteiger partial charge in [-0.15, -0.1) is 0 Å². The van der Waals surface area contributed by atoms with Crippen molar-refractivity contribution in [1.82, 2.24) is 5.43 Å². The summed E-state index contributed by atoms with van der Waals surface area (Å²) in [4.78, 5) is 13.8. The van der Waals surface area contributed by atoms with Crippen LogP contribution >= 0.6 is 0 Å². The average molecular weight is 325 g/mol. The first-order chi connectivity index (χ1) is 11.5. The number of carbonyl (C=O) groups excluding carboxylic acids is 1. The second-order valence-corrected chi connectivity index (χ2v) is 5.84. The summed E-state index contributed by atoms with van der Waals surface area (Å²) in [5.74, 6) is 0.412. The SMILES string of the molecule is Cc1ccc(OCC(=O)N/N=C\c2ccc(N(C)C)cc2)c(C)c1. The number of hydrogen-bond donors (Lipinski definition) is 1. The van der Waals surface area contributed by atoms with Gasteiger partial charge in [0.05, 0.1) is 6.21 Å². The second-order valence-electron chi connectivity index (χ2n) is 5.84. The monoisotopic (exact) mass is 325 g/mol. The fraction of sp³-hybridized carbons (Fsp3) is 0.263.